The van der Waals surface area contributed by atoms with Crippen LogP contribution in [0.1, 0.15) is 26.7 Å². The van der Waals surface area contributed by atoms with Crippen LogP contribution in [0.25, 0.3) is 0 Å². The van der Waals surface area contributed by atoms with Gasteiger partial charge in [0, 0.05) is 29.8 Å². The van der Waals surface area contributed by atoms with E-state index in [9.17, 15) is 8.42 Å². The highest BCUT2D eigenvalue weighted by Gasteiger charge is 2.30. The molecule has 1 aliphatic heterocycles. The van der Waals surface area contributed by atoms with Crippen molar-refractivity contribution in [1.29, 1.82) is 0 Å². The Morgan fingerprint density at radius 3 is 2.65 bits per heavy atom. The lowest BCUT2D eigenvalue weighted by molar-refractivity contribution is 0.256. The van der Waals surface area contributed by atoms with E-state index in [1.807, 2.05) is 13.8 Å². The van der Waals surface area contributed by atoms with Crippen molar-refractivity contribution in [3.63, 3.8) is 0 Å². The van der Waals surface area contributed by atoms with Crippen molar-refractivity contribution in [3.05, 3.63) is 0 Å². The van der Waals surface area contributed by atoms with Gasteiger partial charge in [-0.1, -0.05) is 0 Å². The number of nitrogens with two attached hydrogens (primary N) is 1. The highest BCUT2D eigenvalue weighted by molar-refractivity contribution is 8.00. The molecule has 1 fully saturated rings. The molecule has 1 saturated heterocycles. The van der Waals surface area contributed by atoms with Crippen molar-refractivity contribution in [2.24, 2.45) is 5.73 Å². The van der Waals surface area contributed by atoms with Crippen LogP contribution in [0, 0.1) is 0 Å². The normalized spacial score (nSPS) is 23.9. The highest BCUT2D eigenvalue weighted by Crippen LogP contribution is 2.21. The molecule has 0 aromatic rings. The van der Waals surface area contributed by atoms with E-state index in [0.717, 1.165) is 31.7 Å². The zero-order chi connectivity index (χ0) is 13.1. The molecule has 0 amide bonds. The minimum Gasteiger partial charge on any atom is -0.326 e. The van der Waals surface area contributed by atoms with Crippen molar-refractivity contribution in [1.82, 2.24) is 4.90 Å². The SMILES string of the molecule is CC(C)(N)CCCN1CCSCC1S(C)(=O)=O. The highest BCUT2D eigenvalue weighted by atomic mass is 32.2. The molecule has 2 N–H and O–H groups in total. The van der Waals surface area contributed by atoms with Gasteiger partial charge in [-0.15, -0.1) is 0 Å². The first-order valence-electron chi connectivity index (χ1n) is 6.00. The van der Waals surface area contributed by atoms with Crippen molar-refractivity contribution < 1.29 is 8.42 Å². The van der Waals surface area contributed by atoms with Crippen LogP contribution >= 0.6 is 11.8 Å². The first kappa shape index (κ1) is 15.3. The molecule has 1 aliphatic rings. The van der Waals surface area contributed by atoms with Gasteiger partial charge in [0.15, 0.2) is 9.84 Å². The van der Waals surface area contributed by atoms with Crippen LogP contribution in [0.5, 0.6) is 0 Å². The van der Waals surface area contributed by atoms with Gasteiger partial charge in [0.05, 0.1) is 0 Å². The summed E-state index contributed by atoms with van der Waals surface area (Å²) in [5.74, 6) is 1.73. The quantitative estimate of drug-likeness (QED) is 0.811. The van der Waals surface area contributed by atoms with Crippen molar-refractivity contribution in [2.45, 2.75) is 37.6 Å². The Morgan fingerprint density at radius 1 is 1.47 bits per heavy atom. The second-order valence-electron chi connectivity index (χ2n) is 5.49. The predicted octanol–water partition coefficient (Wildman–Crippen LogP) is 0.923. The summed E-state index contributed by atoms with van der Waals surface area (Å²) in [6.07, 6.45) is 3.22. The Kier molecular flexibility index (Phi) is 5.31. The molecule has 4 nitrogen and oxygen atoms in total. The summed E-state index contributed by atoms with van der Waals surface area (Å²) < 4.78 is 23.4. The fourth-order valence-electron chi connectivity index (χ4n) is 2.00. The van der Waals surface area contributed by atoms with Crippen LogP contribution in [0.2, 0.25) is 0 Å². The molecule has 1 rings (SSSR count). The fraction of sp³-hybridized carbons (Fsp3) is 1.00. The summed E-state index contributed by atoms with van der Waals surface area (Å²) in [6.45, 7) is 5.71. The average molecular weight is 280 g/mol. The Morgan fingerprint density at radius 2 is 2.12 bits per heavy atom. The first-order chi connectivity index (χ1) is 7.70. The molecule has 1 unspecified atom stereocenters. The number of sulfone groups is 1. The van der Waals surface area contributed by atoms with Crippen molar-refractivity contribution in [2.75, 3.05) is 30.9 Å². The summed E-state index contributed by atoms with van der Waals surface area (Å²) in [4.78, 5) is 2.09. The van der Waals surface area contributed by atoms with Gasteiger partial charge in [-0.2, -0.15) is 11.8 Å². The van der Waals surface area contributed by atoms with Crippen LogP contribution < -0.4 is 5.73 Å². The summed E-state index contributed by atoms with van der Waals surface area (Å²) >= 11 is 1.73. The van der Waals surface area contributed by atoms with Gasteiger partial charge < -0.3 is 5.73 Å². The molecule has 0 bridgehead atoms. The third-order valence-corrected chi connectivity index (χ3v) is 5.64. The number of thioether (sulfide) groups is 1. The zero-order valence-corrected chi connectivity index (χ0v) is 12.6. The van der Waals surface area contributed by atoms with Gasteiger partial charge in [-0.05, 0) is 33.2 Å². The monoisotopic (exact) mass is 280 g/mol. The minimum absolute atomic E-state index is 0.162. The Labute approximate surface area is 109 Å². The molecule has 0 aromatic carbocycles. The summed E-state index contributed by atoms with van der Waals surface area (Å²) in [6, 6.07) is 0. The molecule has 0 spiro atoms. The van der Waals surface area contributed by atoms with Gasteiger partial charge >= 0.3 is 0 Å². The van der Waals surface area contributed by atoms with E-state index in [4.69, 9.17) is 5.73 Å². The van der Waals surface area contributed by atoms with Gasteiger partial charge in [-0.25, -0.2) is 8.42 Å². The van der Waals surface area contributed by atoms with Crippen LogP contribution in [-0.4, -0.2) is 55.1 Å². The Bertz CT molecular complexity index is 336. The maximum absolute atomic E-state index is 11.7. The third kappa shape index (κ3) is 5.59. The summed E-state index contributed by atoms with van der Waals surface area (Å²) in [7, 11) is -2.97. The van der Waals surface area contributed by atoms with E-state index in [1.165, 1.54) is 6.26 Å². The fourth-order valence-corrected chi connectivity index (χ4v) is 4.98. The van der Waals surface area contributed by atoms with Crippen molar-refractivity contribution in [3.8, 4) is 0 Å². The molecule has 102 valence electrons. The summed E-state index contributed by atoms with van der Waals surface area (Å²) in [5.41, 5.74) is 5.77. The topological polar surface area (TPSA) is 63.4 Å². The van der Waals surface area contributed by atoms with E-state index in [2.05, 4.69) is 4.90 Å². The van der Waals surface area contributed by atoms with Gasteiger partial charge in [0.1, 0.15) is 5.37 Å². The number of rotatable bonds is 5. The maximum atomic E-state index is 11.7. The largest absolute Gasteiger partial charge is 0.326 e. The molecule has 1 atom stereocenters. The smallest absolute Gasteiger partial charge is 0.164 e. The maximum Gasteiger partial charge on any atom is 0.164 e. The van der Waals surface area contributed by atoms with E-state index >= 15 is 0 Å². The number of hydrogen-bond acceptors (Lipinski definition) is 5. The van der Waals surface area contributed by atoms with Crippen LogP contribution in [0.3, 0.4) is 0 Å². The number of hydrogen-bond donors (Lipinski definition) is 1. The third-order valence-electron chi connectivity index (χ3n) is 2.95. The summed E-state index contributed by atoms with van der Waals surface area (Å²) in [5, 5.41) is -0.304. The molecular weight excluding hydrogens is 256 g/mol. The Hall–Kier alpha value is 0.220. The lowest BCUT2D eigenvalue weighted by Gasteiger charge is -2.34. The van der Waals surface area contributed by atoms with Gasteiger partial charge in [-0.3, -0.25) is 4.90 Å². The Balaban J connectivity index is 2.50. The molecule has 1 heterocycles. The van der Waals surface area contributed by atoms with Gasteiger partial charge in [0.2, 0.25) is 0 Å². The molecule has 0 aromatic heterocycles. The lowest BCUT2D eigenvalue weighted by atomic mass is 10.00. The van der Waals surface area contributed by atoms with Crippen LogP contribution in [0.15, 0.2) is 0 Å². The first-order valence-corrected chi connectivity index (χ1v) is 9.11. The van der Waals surface area contributed by atoms with Gasteiger partial charge in [0.25, 0.3) is 0 Å². The molecule has 0 saturated carbocycles. The molecule has 17 heavy (non-hydrogen) atoms. The molecular formula is C11H24N2O2S2. The van der Waals surface area contributed by atoms with Crippen LogP contribution in [-0.2, 0) is 9.84 Å². The van der Waals surface area contributed by atoms with E-state index < -0.39 is 9.84 Å². The second-order valence-corrected chi connectivity index (χ2v) is 8.84. The van der Waals surface area contributed by atoms with E-state index in [0.29, 0.717) is 5.75 Å². The van der Waals surface area contributed by atoms with E-state index in [1.54, 1.807) is 11.8 Å². The number of nitrogens with zero attached hydrogens (tertiary/aromatic N) is 1. The molecule has 0 radical (unpaired) electrons. The minimum atomic E-state index is -2.97. The zero-order valence-electron chi connectivity index (χ0n) is 11.0. The predicted molar refractivity (Wildman–Crippen MR) is 75.0 cm³/mol. The molecule has 0 aliphatic carbocycles. The van der Waals surface area contributed by atoms with Crippen molar-refractivity contribution >= 4 is 21.6 Å². The lowest BCUT2D eigenvalue weighted by Crippen LogP contribution is -2.47. The van der Waals surface area contributed by atoms with E-state index in [-0.39, 0.29) is 10.9 Å². The molecule has 6 heteroatoms. The van der Waals surface area contributed by atoms with Crippen LogP contribution in [0.4, 0.5) is 0 Å². The second kappa shape index (κ2) is 5.91. The average Bonchev–Trinajstić information content (AvgIpc) is 2.15. The standard InChI is InChI=1S/C11H24N2O2S2/c1-11(2,12)5-4-6-13-7-8-16-9-10(13)17(3,14)15/h10H,4-9,12H2,1-3H3.